The third kappa shape index (κ3) is 3.89. The monoisotopic (exact) mass is 286 g/mol. The summed E-state index contributed by atoms with van der Waals surface area (Å²) < 4.78 is 13.5. The summed E-state index contributed by atoms with van der Waals surface area (Å²) in [7, 11) is 1.57. The van der Waals surface area contributed by atoms with E-state index in [1.165, 1.54) is 18.2 Å². The first-order chi connectivity index (χ1) is 10.1. The number of amides is 2. The predicted molar refractivity (Wildman–Crippen MR) is 78.6 cm³/mol. The standard InChI is InChI=1S/C16H15FN2O2/c1-18-15(20)10-11-6-8-12(9-7-11)19-16(21)13-4-2-3-5-14(13)17/h2-9H,10H2,1H3,(H,18,20)(H,19,21). The van der Waals surface area contributed by atoms with E-state index in [9.17, 15) is 14.0 Å². The zero-order valence-corrected chi connectivity index (χ0v) is 11.5. The molecule has 0 fully saturated rings. The molecule has 0 aromatic heterocycles. The fraction of sp³-hybridized carbons (Fsp3) is 0.125. The van der Waals surface area contributed by atoms with Crippen LogP contribution in [0.4, 0.5) is 10.1 Å². The van der Waals surface area contributed by atoms with Crippen molar-refractivity contribution < 1.29 is 14.0 Å². The highest BCUT2D eigenvalue weighted by molar-refractivity contribution is 6.04. The van der Waals surface area contributed by atoms with Crippen molar-refractivity contribution in [2.75, 3.05) is 12.4 Å². The Morgan fingerprint density at radius 2 is 1.71 bits per heavy atom. The summed E-state index contributed by atoms with van der Waals surface area (Å²) in [5.74, 6) is -1.16. The van der Waals surface area contributed by atoms with Crippen LogP contribution in [0.3, 0.4) is 0 Å². The second-order valence-corrected chi connectivity index (χ2v) is 4.48. The van der Waals surface area contributed by atoms with Gasteiger partial charge in [-0.3, -0.25) is 9.59 Å². The Hall–Kier alpha value is -2.69. The largest absolute Gasteiger partial charge is 0.359 e. The molecule has 0 saturated heterocycles. The molecule has 0 saturated carbocycles. The van der Waals surface area contributed by atoms with E-state index in [-0.39, 0.29) is 17.9 Å². The predicted octanol–water partition coefficient (Wildman–Crippen LogP) is 2.37. The second-order valence-electron chi connectivity index (χ2n) is 4.48. The molecule has 108 valence electrons. The zero-order chi connectivity index (χ0) is 15.2. The van der Waals surface area contributed by atoms with Crippen molar-refractivity contribution >= 4 is 17.5 Å². The van der Waals surface area contributed by atoms with E-state index >= 15 is 0 Å². The maximum atomic E-state index is 13.5. The van der Waals surface area contributed by atoms with Crippen molar-refractivity contribution in [2.24, 2.45) is 0 Å². The van der Waals surface area contributed by atoms with Gasteiger partial charge in [-0.25, -0.2) is 4.39 Å². The molecule has 0 aliphatic carbocycles. The van der Waals surface area contributed by atoms with E-state index in [1.54, 1.807) is 37.4 Å². The first-order valence-electron chi connectivity index (χ1n) is 6.45. The Kier molecular flexibility index (Phi) is 4.66. The van der Waals surface area contributed by atoms with Crippen molar-refractivity contribution in [1.29, 1.82) is 0 Å². The van der Waals surface area contributed by atoms with Crippen LogP contribution in [-0.2, 0) is 11.2 Å². The molecule has 2 amide bonds. The quantitative estimate of drug-likeness (QED) is 0.906. The average Bonchev–Trinajstić information content (AvgIpc) is 2.49. The number of anilines is 1. The molecular formula is C16H15FN2O2. The van der Waals surface area contributed by atoms with Gasteiger partial charge >= 0.3 is 0 Å². The Bertz CT molecular complexity index is 654. The molecule has 0 spiro atoms. The van der Waals surface area contributed by atoms with Crippen LogP contribution in [-0.4, -0.2) is 18.9 Å². The summed E-state index contributed by atoms with van der Waals surface area (Å²) in [6.07, 6.45) is 0.276. The third-order valence-electron chi connectivity index (χ3n) is 2.97. The molecule has 0 unspecified atom stereocenters. The lowest BCUT2D eigenvalue weighted by atomic mass is 10.1. The van der Waals surface area contributed by atoms with Crippen LogP contribution in [0.1, 0.15) is 15.9 Å². The van der Waals surface area contributed by atoms with Crippen LogP contribution in [0.25, 0.3) is 0 Å². The molecule has 21 heavy (non-hydrogen) atoms. The number of carbonyl (C=O) groups excluding carboxylic acids is 2. The van der Waals surface area contributed by atoms with Crippen molar-refractivity contribution in [3.63, 3.8) is 0 Å². The number of rotatable bonds is 4. The van der Waals surface area contributed by atoms with Gasteiger partial charge in [-0.15, -0.1) is 0 Å². The van der Waals surface area contributed by atoms with Gasteiger partial charge in [0.25, 0.3) is 5.91 Å². The SMILES string of the molecule is CNC(=O)Cc1ccc(NC(=O)c2ccccc2F)cc1. The number of nitrogens with one attached hydrogen (secondary N) is 2. The maximum absolute atomic E-state index is 13.5. The first-order valence-corrected chi connectivity index (χ1v) is 6.45. The number of carbonyl (C=O) groups is 2. The lowest BCUT2D eigenvalue weighted by molar-refractivity contribution is -0.119. The molecule has 0 aliphatic rings. The van der Waals surface area contributed by atoms with Gasteiger partial charge in [-0.2, -0.15) is 0 Å². The highest BCUT2D eigenvalue weighted by Gasteiger charge is 2.10. The van der Waals surface area contributed by atoms with Gasteiger partial charge in [0.1, 0.15) is 5.82 Å². The smallest absolute Gasteiger partial charge is 0.258 e. The molecule has 2 aromatic rings. The highest BCUT2D eigenvalue weighted by Crippen LogP contribution is 2.13. The molecule has 2 aromatic carbocycles. The molecular weight excluding hydrogens is 271 g/mol. The molecule has 0 heterocycles. The topological polar surface area (TPSA) is 58.2 Å². The van der Waals surface area contributed by atoms with Crippen molar-refractivity contribution in [2.45, 2.75) is 6.42 Å². The first kappa shape index (κ1) is 14.7. The Morgan fingerprint density at radius 1 is 1.05 bits per heavy atom. The summed E-state index contributed by atoms with van der Waals surface area (Å²) in [5, 5.41) is 5.15. The van der Waals surface area contributed by atoms with Gasteiger partial charge in [0.15, 0.2) is 0 Å². The minimum Gasteiger partial charge on any atom is -0.359 e. The van der Waals surface area contributed by atoms with Gasteiger partial charge in [-0.1, -0.05) is 24.3 Å². The van der Waals surface area contributed by atoms with Crippen LogP contribution >= 0.6 is 0 Å². The minimum absolute atomic E-state index is 0.00747. The van der Waals surface area contributed by atoms with Crippen LogP contribution < -0.4 is 10.6 Å². The highest BCUT2D eigenvalue weighted by atomic mass is 19.1. The summed E-state index contributed by atoms with van der Waals surface area (Å²) >= 11 is 0. The molecule has 0 aliphatic heterocycles. The van der Waals surface area contributed by atoms with E-state index in [4.69, 9.17) is 0 Å². The number of hydrogen-bond donors (Lipinski definition) is 2. The van der Waals surface area contributed by atoms with E-state index in [0.717, 1.165) is 5.56 Å². The van der Waals surface area contributed by atoms with Gasteiger partial charge in [0.05, 0.1) is 12.0 Å². The second kappa shape index (κ2) is 6.65. The molecule has 5 heteroatoms. The fourth-order valence-corrected chi connectivity index (χ4v) is 1.82. The number of hydrogen-bond acceptors (Lipinski definition) is 2. The Morgan fingerprint density at radius 3 is 2.33 bits per heavy atom. The van der Waals surface area contributed by atoms with E-state index in [0.29, 0.717) is 5.69 Å². The minimum atomic E-state index is -0.564. The fourth-order valence-electron chi connectivity index (χ4n) is 1.82. The van der Waals surface area contributed by atoms with E-state index in [1.807, 2.05) is 0 Å². The van der Waals surface area contributed by atoms with Crippen LogP contribution in [0.2, 0.25) is 0 Å². The van der Waals surface area contributed by atoms with Gasteiger partial charge in [0.2, 0.25) is 5.91 Å². The van der Waals surface area contributed by atoms with Crippen LogP contribution in [0.15, 0.2) is 48.5 Å². The van der Waals surface area contributed by atoms with Crippen LogP contribution in [0, 0.1) is 5.82 Å². The zero-order valence-electron chi connectivity index (χ0n) is 11.5. The van der Waals surface area contributed by atoms with Gasteiger partial charge in [0, 0.05) is 12.7 Å². The Balaban J connectivity index is 2.05. The summed E-state index contributed by atoms with van der Waals surface area (Å²) in [6.45, 7) is 0. The molecule has 0 radical (unpaired) electrons. The van der Waals surface area contributed by atoms with Crippen molar-refractivity contribution in [1.82, 2.24) is 5.32 Å². The Labute approximate surface area is 122 Å². The number of likely N-dealkylation sites (N-methyl/N-ethyl adjacent to an activating group) is 1. The molecule has 2 rings (SSSR count). The van der Waals surface area contributed by atoms with E-state index < -0.39 is 11.7 Å². The van der Waals surface area contributed by atoms with Gasteiger partial charge in [-0.05, 0) is 29.8 Å². The van der Waals surface area contributed by atoms with Crippen molar-refractivity contribution in [3.8, 4) is 0 Å². The van der Waals surface area contributed by atoms with Crippen LogP contribution in [0.5, 0.6) is 0 Å². The lowest BCUT2D eigenvalue weighted by Crippen LogP contribution is -2.19. The van der Waals surface area contributed by atoms with Gasteiger partial charge < -0.3 is 10.6 Å². The molecule has 4 nitrogen and oxygen atoms in total. The summed E-state index contributed by atoms with van der Waals surface area (Å²) in [5.41, 5.74) is 1.37. The molecule has 0 atom stereocenters. The number of benzene rings is 2. The summed E-state index contributed by atoms with van der Waals surface area (Å²) in [6, 6.07) is 12.6. The third-order valence-corrected chi connectivity index (χ3v) is 2.97. The number of halogens is 1. The maximum Gasteiger partial charge on any atom is 0.258 e. The molecule has 2 N–H and O–H groups in total. The van der Waals surface area contributed by atoms with Crippen molar-refractivity contribution in [3.05, 3.63) is 65.5 Å². The molecule has 0 bridgehead atoms. The van der Waals surface area contributed by atoms with E-state index in [2.05, 4.69) is 10.6 Å². The average molecular weight is 286 g/mol. The normalized spacial score (nSPS) is 10.0. The lowest BCUT2D eigenvalue weighted by Gasteiger charge is -2.07. The summed E-state index contributed by atoms with van der Waals surface area (Å²) in [4.78, 5) is 23.2.